The van der Waals surface area contributed by atoms with Gasteiger partial charge in [-0.1, -0.05) is 97.1 Å². The van der Waals surface area contributed by atoms with E-state index < -0.39 is 5.54 Å². The molecule has 0 aliphatic carbocycles. The molecule has 35 heavy (non-hydrogen) atoms. The van der Waals surface area contributed by atoms with Gasteiger partial charge < -0.3 is 0 Å². The summed E-state index contributed by atoms with van der Waals surface area (Å²) in [6.45, 7) is 2.00. The second-order valence-corrected chi connectivity index (χ2v) is 8.61. The molecule has 0 bridgehead atoms. The summed E-state index contributed by atoms with van der Waals surface area (Å²) in [5.41, 5.74) is 6.01. The number of hydrogen-bond acceptors (Lipinski definition) is 3. The Kier molecular flexibility index (Phi) is 5.19. The van der Waals surface area contributed by atoms with Crippen LogP contribution in [0.15, 0.2) is 128 Å². The van der Waals surface area contributed by atoms with Gasteiger partial charge in [-0.3, -0.25) is 4.98 Å². The Balaban J connectivity index is 1.78. The van der Waals surface area contributed by atoms with Gasteiger partial charge in [0, 0.05) is 17.3 Å². The van der Waals surface area contributed by atoms with Crippen LogP contribution in [0.1, 0.15) is 22.4 Å². The molecule has 0 saturated heterocycles. The van der Waals surface area contributed by atoms with Crippen molar-refractivity contribution >= 4 is 11.0 Å². The molecule has 4 nitrogen and oxygen atoms in total. The lowest BCUT2D eigenvalue weighted by Gasteiger charge is -2.36. The fraction of sp³-hybridized carbons (Fsp3) is 0.0645. The highest BCUT2D eigenvalue weighted by atomic mass is 15.4. The van der Waals surface area contributed by atoms with E-state index in [-0.39, 0.29) is 0 Å². The van der Waals surface area contributed by atoms with Crippen molar-refractivity contribution < 1.29 is 0 Å². The molecular weight excluding hydrogens is 428 g/mol. The lowest BCUT2D eigenvalue weighted by atomic mass is 9.77. The van der Waals surface area contributed by atoms with Crippen LogP contribution in [0.5, 0.6) is 0 Å². The van der Waals surface area contributed by atoms with Crippen LogP contribution in [0.3, 0.4) is 0 Å². The number of nitrogens with zero attached hydrogens (tertiary/aromatic N) is 4. The van der Waals surface area contributed by atoms with Crippen molar-refractivity contribution in [2.45, 2.75) is 12.5 Å². The van der Waals surface area contributed by atoms with Gasteiger partial charge in [0.25, 0.3) is 0 Å². The highest BCUT2D eigenvalue weighted by molar-refractivity contribution is 5.90. The number of benzene rings is 3. The predicted molar refractivity (Wildman–Crippen MR) is 140 cm³/mol. The minimum absolute atomic E-state index is 0.738. The number of rotatable bonds is 5. The Bertz CT molecular complexity index is 1490. The second kappa shape index (κ2) is 8.65. The number of fused-ring (bicyclic) bond motifs is 1. The zero-order valence-corrected chi connectivity index (χ0v) is 19.4. The second-order valence-electron chi connectivity index (χ2n) is 8.61. The zero-order valence-electron chi connectivity index (χ0n) is 19.4. The third kappa shape index (κ3) is 3.42. The molecule has 0 amide bonds. The van der Waals surface area contributed by atoms with E-state index in [4.69, 9.17) is 15.1 Å². The Morgan fingerprint density at radius 1 is 0.600 bits per heavy atom. The third-order valence-electron chi connectivity index (χ3n) is 6.47. The first kappa shape index (κ1) is 21.0. The molecule has 0 fully saturated rings. The summed E-state index contributed by atoms with van der Waals surface area (Å²) >= 11 is 0. The van der Waals surface area contributed by atoms with Crippen LogP contribution in [0, 0.1) is 6.92 Å². The average molecular weight is 453 g/mol. The van der Waals surface area contributed by atoms with Gasteiger partial charge in [-0.15, -0.1) is 0 Å². The van der Waals surface area contributed by atoms with E-state index in [1.165, 1.54) is 0 Å². The number of pyridine rings is 2. The summed E-state index contributed by atoms with van der Waals surface area (Å²) in [5, 5.41) is 6.26. The predicted octanol–water partition coefficient (Wildman–Crippen LogP) is 6.64. The molecule has 3 aromatic carbocycles. The molecule has 0 atom stereocenters. The normalized spacial score (nSPS) is 11.6. The summed E-state index contributed by atoms with van der Waals surface area (Å²) in [6, 6.07) is 41.7. The Morgan fingerprint density at radius 3 is 1.71 bits per heavy atom. The average Bonchev–Trinajstić information content (AvgIpc) is 3.31. The smallest absolute Gasteiger partial charge is 0.160 e. The number of aryl methyl sites for hydroxylation is 1. The van der Waals surface area contributed by atoms with E-state index in [1.54, 1.807) is 0 Å². The fourth-order valence-electron chi connectivity index (χ4n) is 4.95. The van der Waals surface area contributed by atoms with Crippen molar-refractivity contribution in [1.29, 1.82) is 0 Å². The van der Waals surface area contributed by atoms with E-state index >= 15 is 0 Å². The Hall–Kier alpha value is -4.57. The lowest BCUT2D eigenvalue weighted by Crippen LogP contribution is -2.38. The molecule has 0 unspecified atom stereocenters. The Morgan fingerprint density at radius 2 is 1.17 bits per heavy atom. The van der Waals surface area contributed by atoms with E-state index in [0.29, 0.717) is 0 Å². The van der Waals surface area contributed by atoms with Gasteiger partial charge in [-0.25, -0.2) is 9.67 Å². The van der Waals surface area contributed by atoms with Crippen molar-refractivity contribution in [1.82, 2.24) is 19.7 Å². The summed E-state index contributed by atoms with van der Waals surface area (Å²) in [4.78, 5) is 9.67. The lowest BCUT2D eigenvalue weighted by molar-refractivity contribution is 0.473. The van der Waals surface area contributed by atoms with Crippen molar-refractivity contribution in [3.05, 3.63) is 150 Å². The third-order valence-corrected chi connectivity index (χ3v) is 6.47. The maximum absolute atomic E-state index is 5.29. The highest BCUT2D eigenvalue weighted by Crippen LogP contribution is 2.43. The molecule has 0 aliphatic heterocycles. The molecule has 3 aromatic heterocycles. The first-order chi connectivity index (χ1) is 17.3. The molecule has 0 radical (unpaired) electrons. The highest BCUT2D eigenvalue weighted by Gasteiger charge is 2.41. The van der Waals surface area contributed by atoms with Gasteiger partial charge in [0.15, 0.2) is 5.65 Å². The molecular formula is C31H24N4. The van der Waals surface area contributed by atoms with Crippen LogP contribution < -0.4 is 0 Å². The largest absolute Gasteiger partial charge is 0.251 e. The molecule has 0 aliphatic rings. The van der Waals surface area contributed by atoms with Gasteiger partial charge >= 0.3 is 0 Å². The minimum atomic E-state index is -0.738. The van der Waals surface area contributed by atoms with Gasteiger partial charge in [0.2, 0.25) is 0 Å². The number of aromatic nitrogens is 4. The SMILES string of the molecule is Cc1cccc(-c2nn(C(c3ccccc3)(c3ccccc3)c3ccccc3)c3ncccc23)n1. The van der Waals surface area contributed by atoms with E-state index in [1.807, 2.05) is 55.6 Å². The molecule has 3 heterocycles. The first-order valence-electron chi connectivity index (χ1n) is 11.7. The monoisotopic (exact) mass is 452 g/mol. The van der Waals surface area contributed by atoms with Crippen LogP contribution >= 0.6 is 0 Å². The molecule has 0 saturated carbocycles. The van der Waals surface area contributed by atoms with Crippen LogP contribution in [0.4, 0.5) is 0 Å². The summed E-state index contributed by atoms with van der Waals surface area (Å²) in [6.07, 6.45) is 1.83. The van der Waals surface area contributed by atoms with Gasteiger partial charge in [-0.05, 0) is 47.9 Å². The summed E-state index contributed by atoms with van der Waals surface area (Å²) in [5.74, 6) is 0. The summed E-state index contributed by atoms with van der Waals surface area (Å²) in [7, 11) is 0. The molecule has 6 rings (SSSR count). The van der Waals surface area contributed by atoms with Crippen LogP contribution in [-0.4, -0.2) is 19.7 Å². The minimum Gasteiger partial charge on any atom is -0.251 e. The molecule has 168 valence electrons. The fourth-order valence-corrected chi connectivity index (χ4v) is 4.95. The van der Waals surface area contributed by atoms with Crippen molar-refractivity contribution in [3.63, 3.8) is 0 Å². The number of hydrogen-bond donors (Lipinski definition) is 0. The van der Waals surface area contributed by atoms with Crippen molar-refractivity contribution in [3.8, 4) is 11.4 Å². The van der Waals surface area contributed by atoms with E-state index in [2.05, 4.69) is 83.5 Å². The molecule has 6 aromatic rings. The standard InChI is InChI=1S/C31H24N4/c1-23-13-11-21-28(33-23)29-27-20-12-22-32-30(27)35(34-29)31(24-14-5-2-6-15-24,25-16-7-3-8-17-25)26-18-9-4-10-19-26/h2-22H,1H3. The van der Waals surface area contributed by atoms with Crippen LogP contribution in [-0.2, 0) is 5.54 Å². The topological polar surface area (TPSA) is 43.6 Å². The quantitative estimate of drug-likeness (QED) is 0.275. The van der Waals surface area contributed by atoms with Gasteiger partial charge in [0.05, 0.1) is 5.69 Å². The van der Waals surface area contributed by atoms with E-state index in [9.17, 15) is 0 Å². The molecule has 0 spiro atoms. The van der Waals surface area contributed by atoms with Crippen molar-refractivity contribution in [2.24, 2.45) is 0 Å². The van der Waals surface area contributed by atoms with Crippen molar-refractivity contribution in [2.75, 3.05) is 0 Å². The van der Waals surface area contributed by atoms with Gasteiger partial charge in [-0.2, -0.15) is 5.10 Å². The maximum Gasteiger partial charge on any atom is 0.160 e. The van der Waals surface area contributed by atoms with Gasteiger partial charge in [0.1, 0.15) is 11.2 Å². The Labute approximate surface area is 204 Å². The van der Waals surface area contributed by atoms with Crippen LogP contribution in [0.25, 0.3) is 22.4 Å². The molecule has 0 N–H and O–H groups in total. The summed E-state index contributed by atoms with van der Waals surface area (Å²) < 4.78 is 2.08. The molecule has 4 heteroatoms. The zero-order chi connectivity index (χ0) is 23.7. The first-order valence-corrected chi connectivity index (χ1v) is 11.7. The van der Waals surface area contributed by atoms with Crippen LogP contribution in [0.2, 0.25) is 0 Å². The van der Waals surface area contributed by atoms with E-state index in [0.717, 1.165) is 44.8 Å². The maximum atomic E-state index is 5.29.